The van der Waals surface area contributed by atoms with Crippen LogP contribution in [-0.2, 0) is 0 Å². The van der Waals surface area contributed by atoms with Crippen LogP contribution in [0.3, 0.4) is 0 Å². The second-order valence-electron chi connectivity index (χ2n) is 4.73. The molecule has 0 saturated carbocycles. The Bertz CT molecular complexity index is 684. The third-order valence-corrected chi connectivity index (χ3v) is 5.42. The van der Waals surface area contributed by atoms with Crippen molar-refractivity contribution in [2.45, 2.75) is 5.37 Å². The number of pyridine rings is 1. The van der Waals surface area contributed by atoms with E-state index in [-0.39, 0.29) is 11.4 Å². The lowest BCUT2D eigenvalue weighted by Crippen LogP contribution is -2.34. The van der Waals surface area contributed by atoms with Gasteiger partial charge in [-0.1, -0.05) is 29.3 Å². The number of amides is 2. The van der Waals surface area contributed by atoms with Gasteiger partial charge in [0.15, 0.2) is 0 Å². The zero-order chi connectivity index (χ0) is 15.5. The lowest BCUT2D eigenvalue weighted by Gasteiger charge is -2.24. The minimum absolute atomic E-state index is 0.0130. The molecule has 1 fully saturated rings. The Morgan fingerprint density at radius 1 is 1.27 bits per heavy atom. The van der Waals surface area contributed by atoms with E-state index in [1.165, 1.54) is 0 Å². The predicted molar refractivity (Wildman–Crippen MR) is 91.6 cm³/mol. The van der Waals surface area contributed by atoms with Crippen molar-refractivity contribution < 1.29 is 4.79 Å². The van der Waals surface area contributed by atoms with E-state index in [2.05, 4.69) is 10.3 Å². The first-order chi connectivity index (χ1) is 10.7. The number of anilines is 1. The van der Waals surface area contributed by atoms with Gasteiger partial charge in [-0.2, -0.15) is 0 Å². The van der Waals surface area contributed by atoms with Crippen molar-refractivity contribution >= 4 is 46.7 Å². The number of hydrogen-bond donors (Lipinski definition) is 1. The van der Waals surface area contributed by atoms with Gasteiger partial charge < -0.3 is 10.2 Å². The number of aromatic nitrogens is 1. The van der Waals surface area contributed by atoms with Gasteiger partial charge in [0.1, 0.15) is 5.37 Å². The van der Waals surface area contributed by atoms with Gasteiger partial charge in [-0.25, -0.2) is 4.79 Å². The number of nitrogens with zero attached hydrogens (tertiary/aromatic N) is 2. The van der Waals surface area contributed by atoms with Crippen molar-refractivity contribution in [3.63, 3.8) is 0 Å². The Kier molecular flexibility index (Phi) is 4.76. The number of urea groups is 1. The van der Waals surface area contributed by atoms with Crippen LogP contribution in [0.25, 0.3) is 0 Å². The molecule has 3 rings (SSSR count). The Hall–Kier alpha value is -1.43. The van der Waals surface area contributed by atoms with Crippen molar-refractivity contribution in [3.05, 3.63) is 58.3 Å². The van der Waals surface area contributed by atoms with Crippen LogP contribution in [0.15, 0.2) is 42.7 Å². The number of rotatable bonds is 2. The van der Waals surface area contributed by atoms with Crippen LogP contribution in [0.2, 0.25) is 10.0 Å². The van der Waals surface area contributed by atoms with Gasteiger partial charge in [0.25, 0.3) is 0 Å². The Balaban J connectivity index is 1.78. The summed E-state index contributed by atoms with van der Waals surface area (Å²) in [5, 5.41) is 3.59. The Morgan fingerprint density at radius 3 is 2.82 bits per heavy atom. The highest BCUT2D eigenvalue weighted by atomic mass is 35.5. The largest absolute Gasteiger partial charge is 0.323 e. The molecule has 114 valence electrons. The number of carbonyl (C=O) groups excluding carboxylic acids is 1. The SMILES string of the molecule is O=C(Nc1cccc(Cl)c1Cl)N1CCSC1c1ccncc1. The maximum absolute atomic E-state index is 12.5. The molecule has 2 amide bonds. The molecule has 1 aromatic carbocycles. The molecule has 1 unspecified atom stereocenters. The van der Waals surface area contributed by atoms with Gasteiger partial charge in [0, 0.05) is 24.7 Å². The molecule has 1 saturated heterocycles. The van der Waals surface area contributed by atoms with Gasteiger partial charge in [-0.3, -0.25) is 4.98 Å². The van der Waals surface area contributed by atoms with E-state index in [9.17, 15) is 4.79 Å². The minimum Gasteiger partial charge on any atom is -0.308 e. The van der Waals surface area contributed by atoms with Crippen molar-refractivity contribution in [2.75, 3.05) is 17.6 Å². The van der Waals surface area contributed by atoms with Crippen molar-refractivity contribution in [2.24, 2.45) is 0 Å². The molecule has 1 N–H and O–H groups in total. The van der Waals surface area contributed by atoms with Crippen LogP contribution in [-0.4, -0.2) is 28.2 Å². The van der Waals surface area contributed by atoms with Crippen LogP contribution in [0.4, 0.5) is 10.5 Å². The summed E-state index contributed by atoms with van der Waals surface area (Å²) in [6.07, 6.45) is 3.47. The number of nitrogens with one attached hydrogen (secondary N) is 1. The molecular weight excluding hydrogens is 341 g/mol. The Morgan fingerprint density at radius 2 is 2.05 bits per heavy atom. The van der Waals surface area contributed by atoms with E-state index in [1.807, 2.05) is 12.1 Å². The van der Waals surface area contributed by atoms with E-state index < -0.39 is 0 Å². The highest BCUT2D eigenvalue weighted by Gasteiger charge is 2.30. The summed E-state index contributed by atoms with van der Waals surface area (Å²) in [6, 6.07) is 8.84. The zero-order valence-corrected chi connectivity index (χ0v) is 13.8. The smallest absolute Gasteiger partial charge is 0.308 e. The maximum atomic E-state index is 12.5. The first-order valence-electron chi connectivity index (χ1n) is 6.70. The monoisotopic (exact) mass is 353 g/mol. The van der Waals surface area contributed by atoms with E-state index in [1.54, 1.807) is 47.3 Å². The van der Waals surface area contributed by atoms with Gasteiger partial charge >= 0.3 is 6.03 Å². The fourth-order valence-corrected chi connectivity index (χ4v) is 3.87. The molecule has 4 nitrogen and oxygen atoms in total. The van der Waals surface area contributed by atoms with E-state index in [0.717, 1.165) is 11.3 Å². The molecule has 0 radical (unpaired) electrons. The van der Waals surface area contributed by atoms with E-state index in [4.69, 9.17) is 23.2 Å². The molecule has 7 heteroatoms. The lowest BCUT2D eigenvalue weighted by atomic mass is 10.2. The number of benzene rings is 1. The molecule has 1 aromatic heterocycles. The number of halogens is 2. The molecular formula is C15H13Cl2N3OS. The molecule has 2 aromatic rings. The summed E-state index contributed by atoms with van der Waals surface area (Å²) in [6.45, 7) is 0.682. The number of thioether (sulfide) groups is 1. The summed E-state index contributed by atoms with van der Waals surface area (Å²) in [7, 11) is 0. The highest BCUT2D eigenvalue weighted by molar-refractivity contribution is 7.99. The van der Waals surface area contributed by atoms with Gasteiger partial charge in [0.05, 0.1) is 15.7 Å². The fourth-order valence-electron chi connectivity index (χ4n) is 2.27. The maximum Gasteiger partial charge on any atom is 0.323 e. The third-order valence-electron chi connectivity index (χ3n) is 3.34. The predicted octanol–water partition coefficient (Wildman–Crippen LogP) is 4.67. The molecule has 2 heterocycles. The standard InChI is InChI=1S/C15H13Cl2N3OS/c16-11-2-1-3-12(13(11)17)19-15(21)20-8-9-22-14(20)10-4-6-18-7-5-10/h1-7,14H,8-9H2,(H,19,21). The zero-order valence-electron chi connectivity index (χ0n) is 11.5. The third kappa shape index (κ3) is 3.16. The molecule has 0 aliphatic carbocycles. The topological polar surface area (TPSA) is 45.2 Å². The Labute approximate surface area is 142 Å². The van der Waals surface area contributed by atoms with Crippen LogP contribution < -0.4 is 5.32 Å². The number of hydrogen-bond acceptors (Lipinski definition) is 3. The summed E-state index contributed by atoms with van der Waals surface area (Å²) in [4.78, 5) is 18.4. The molecule has 1 aliphatic heterocycles. The van der Waals surface area contributed by atoms with Crippen molar-refractivity contribution in [1.29, 1.82) is 0 Å². The first kappa shape index (κ1) is 15.5. The lowest BCUT2D eigenvalue weighted by molar-refractivity contribution is 0.214. The van der Waals surface area contributed by atoms with E-state index in [0.29, 0.717) is 22.3 Å². The summed E-state index contributed by atoms with van der Waals surface area (Å²) >= 11 is 13.8. The second kappa shape index (κ2) is 6.77. The van der Waals surface area contributed by atoms with Crippen LogP contribution in [0.1, 0.15) is 10.9 Å². The molecule has 0 spiro atoms. The molecule has 1 aliphatic rings. The van der Waals surface area contributed by atoms with Crippen LogP contribution >= 0.6 is 35.0 Å². The summed E-state index contributed by atoms with van der Waals surface area (Å²) in [5.41, 5.74) is 1.58. The quantitative estimate of drug-likeness (QED) is 0.853. The normalized spacial score (nSPS) is 17.5. The van der Waals surface area contributed by atoms with Gasteiger partial charge in [-0.15, -0.1) is 11.8 Å². The first-order valence-corrected chi connectivity index (χ1v) is 8.50. The molecule has 22 heavy (non-hydrogen) atoms. The minimum atomic E-state index is -0.184. The van der Waals surface area contributed by atoms with Crippen molar-refractivity contribution in [1.82, 2.24) is 9.88 Å². The highest BCUT2D eigenvalue weighted by Crippen LogP contribution is 2.38. The van der Waals surface area contributed by atoms with Gasteiger partial charge in [-0.05, 0) is 29.8 Å². The van der Waals surface area contributed by atoms with Crippen LogP contribution in [0.5, 0.6) is 0 Å². The van der Waals surface area contributed by atoms with Gasteiger partial charge in [0.2, 0.25) is 0 Å². The van der Waals surface area contributed by atoms with E-state index >= 15 is 0 Å². The molecule has 0 bridgehead atoms. The summed E-state index contributed by atoms with van der Waals surface area (Å²) in [5.74, 6) is 0.893. The number of carbonyl (C=O) groups is 1. The second-order valence-corrected chi connectivity index (χ2v) is 6.70. The fraction of sp³-hybridized carbons (Fsp3) is 0.200. The molecule has 1 atom stereocenters. The summed E-state index contributed by atoms with van der Waals surface area (Å²) < 4.78 is 0. The average molecular weight is 354 g/mol. The van der Waals surface area contributed by atoms with Crippen molar-refractivity contribution in [3.8, 4) is 0 Å². The van der Waals surface area contributed by atoms with Crippen LogP contribution in [0, 0.1) is 0 Å². The average Bonchev–Trinajstić information content (AvgIpc) is 3.02.